The molecular formula is C43H34ClF7N8O5S. The standard InChI is InChI=1S/C43H34ClF7N8O5S/c1-56-37-32(11-10-29(44)35(37)41(55-56)58(65(3,62)63)18-20-4-7-25(64-2)8-5-20)59-40(53-30-16-22(45)6-9-26(30)42(59)61)31(14-21-12-23(46)15-24(47)13-21)52-33(60)19-57-38-34(36(54-57)39(48)49)27-17-28(27)43(38,50)51/h4-13,15-16,27-28,31,39H,14,17-19H2,1-3H3,(H,52,60)/t27-,28+,31-/m0/s1. The van der Waals surface area contributed by atoms with Crippen molar-refractivity contribution in [3.63, 3.8) is 0 Å². The molecule has 2 aliphatic carbocycles. The first kappa shape index (κ1) is 43.8. The molecule has 0 unspecified atom stereocenters. The monoisotopic (exact) mass is 942 g/mol. The molecule has 65 heavy (non-hydrogen) atoms. The molecule has 3 atom stereocenters. The van der Waals surface area contributed by atoms with E-state index in [0.717, 1.165) is 45.5 Å². The number of methoxy groups -OCH3 is 1. The Morgan fingerprint density at radius 3 is 2.35 bits per heavy atom. The third-order valence-electron chi connectivity index (χ3n) is 11.6. The number of rotatable bonds is 13. The van der Waals surface area contributed by atoms with Crippen molar-refractivity contribution >= 4 is 55.2 Å². The van der Waals surface area contributed by atoms with Gasteiger partial charge in [-0.3, -0.25) is 23.5 Å². The van der Waals surface area contributed by atoms with Crippen LogP contribution < -0.4 is 19.9 Å². The van der Waals surface area contributed by atoms with Crippen LogP contribution in [0.1, 0.15) is 58.7 Å². The fourth-order valence-corrected chi connectivity index (χ4v) is 9.77. The number of halogens is 8. The van der Waals surface area contributed by atoms with Gasteiger partial charge in [0.05, 0.1) is 58.5 Å². The highest BCUT2D eigenvalue weighted by atomic mass is 35.5. The Labute approximate surface area is 369 Å². The lowest BCUT2D eigenvalue weighted by Gasteiger charge is -2.24. The molecule has 0 bridgehead atoms. The van der Waals surface area contributed by atoms with Crippen molar-refractivity contribution in [2.45, 2.75) is 50.2 Å². The third kappa shape index (κ3) is 7.72. The normalized spacial score (nSPS) is 16.8. The quantitative estimate of drug-likeness (QED) is 0.116. The van der Waals surface area contributed by atoms with E-state index in [4.69, 9.17) is 16.3 Å². The summed E-state index contributed by atoms with van der Waals surface area (Å²) >= 11 is 6.83. The molecule has 1 saturated carbocycles. The van der Waals surface area contributed by atoms with Gasteiger partial charge in [0.25, 0.3) is 17.9 Å². The number of anilines is 1. The number of aromatic nitrogens is 6. The summed E-state index contributed by atoms with van der Waals surface area (Å²) in [5.74, 6) is -9.65. The lowest BCUT2D eigenvalue weighted by molar-refractivity contribution is -0.123. The van der Waals surface area contributed by atoms with Gasteiger partial charge in [0.15, 0.2) is 5.82 Å². The molecule has 9 rings (SSSR count). The number of nitrogens with zero attached hydrogens (tertiary/aromatic N) is 7. The van der Waals surface area contributed by atoms with E-state index in [0.29, 0.717) is 22.1 Å². The van der Waals surface area contributed by atoms with E-state index >= 15 is 8.78 Å². The van der Waals surface area contributed by atoms with Gasteiger partial charge in [-0.15, -0.1) is 0 Å². The molecule has 1 amide bonds. The van der Waals surface area contributed by atoms with Gasteiger partial charge >= 0.3 is 0 Å². The van der Waals surface area contributed by atoms with Gasteiger partial charge in [-0.2, -0.15) is 19.0 Å². The number of sulfonamides is 1. The minimum absolute atomic E-state index is 0.00917. The maximum atomic E-state index is 15.5. The highest BCUT2D eigenvalue weighted by molar-refractivity contribution is 7.92. The van der Waals surface area contributed by atoms with Gasteiger partial charge in [-0.25, -0.2) is 39.7 Å². The topological polar surface area (TPSA) is 146 Å². The fourth-order valence-electron chi connectivity index (χ4n) is 8.71. The summed E-state index contributed by atoms with van der Waals surface area (Å²) < 4.78 is 140. The molecule has 4 aromatic carbocycles. The van der Waals surface area contributed by atoms with Crippen LogP contribution in [0.15, 0.2) is 77.6 Å². The maximum Gasteiger partial charge on any atom is 0.293 e. The number of alkyl halides is 4. The van der Waals surface area contributed by atoms with Gasteiger partial charge in [-0.05, 0) is 72.0 Å². The number of hydrogen-bond acceptors (Lipinski definition) is 8. The van der Waals surface area contributed by atoms with Crippen molar-refractivity contribution in [2.24, 2.45) is 13.0 Å². The predicted octanol–water partition coefficient (Wildman–Crippen LogP) is 7.76. The van der Waals surface area contributed by atoms with Gasteiger partial charge in [0.2, 0.25) is 15.9 Å². The second kappa shape index (κ2) is 15.9. The predicted molar refractivity (Wildman–Crippen MR) is 223 cm³/mol. The first-order chi connectivity index (χ1) is 30.7. The fraction of sp³-hybridized carbons (Fsp3) is 0.279. The first-order valence-corrected chi connectivity index (χ1v) is 22.0. The number of carbonyl (C=O) groups is 1. The molecule has 13 nitrogen and oxygen atoms in total. The Bertz CT molecular complexity index is 3250. The number of amides is 1. The number of benzene rings is 4. The van der Waals surface area contributed by atoms with Crippen LogP contribution >= 0.6 is 11.6 Å². The van der Waals surface area contributed by atoms with Crippen molar-refractivity contribution in [1.82, 2.24) is 34.4 Å². The van der Waals surface area contributed by atoms with E-state index in [2.05, 4.69) is 20.5 Å². The Balaban J connectivity index is 1.22. The van der Waals surface area contributed by atoms with Crippen molar-refractivity contribution < 1.29 is 48.7 Å². The molecular weight excluding hydrogens is 909 g/mol. The number of aryl methyl sites for hydroxylation is 1. The van der Waals surface area contributed by atoms with E-state index < -0.39 is 93.5 Å². The molecule has 3 heterocycles. The molecule has 0 saturated heterocycles. The molecule has 1 fully saturated rings. The van der Waals surface area contributed by atoms with E-state index in [9.17, 15) is 40.0 Å². The van der Waals surface area contributed by atoms with E-state index in [-0.39, 0.29) is 68.3 Å². The summed E-state index contributed by atoms with van der Waals surface area (Å²) in [4.78, 5) is 33.6. The van der Waals surface area contributed by atoms with Crippen molar-refractivity contribution in [3.05, 3.63) is 140 Å². The van der Waals surface area contributed by atoms with Gasteiger partial charge in [0, 0.05) is 37.1 Å². The second-order valence-electron chi connectivity index (χ2n) is 15.9. The van der Waals surface area contributed by atoms with Crippen LogP contribution in [0.25, 0.3) is 27.5 Å². The smallest absolute Gasteiger partial charge is 0.293 e. The molecule has 0 spiro atoms. The minimum atomic E-state index is -4.12. The summed E-state index contributed by atoms with van der Waals surface area (Å²) in [5, 5.41) is 10.7. The zero-order valence-corrected chi connectivity index (χ0v) is 35.7. The highest BCUT2D eigenvalue weighted by Gasteiger charge is 2.67. The average molecular weight is 943 g/mol. The van der Waals surface area contributed by atoms with Gasteiger partial charge in [-0.1, -0.05) is 23.7 Å². The van der Waals surface area contributed by atoms with Crippen LogP contribution in [-0.4, -0.2) is 56.8 Å². The Morgan fingerprint density at radius 1 is 0.985 bits per heavy atom. The number of nitrogens with one attached hydrogen (secondary N) is 1. The Morgan fingerprint density at radius 2 is 1.69 bits per heavy atom. The first-order valence-electron chi connectivity index (χ1n) is 19.7. The molecule has 338 valence electrons. The summed E-state index contributed by atoms with van der Waals surface area (Å²) in [5.41, 5.74) is -2.68. The van der Waals surface area contributed by atoms with Crippen molar-refractivity contribution in [1.29, 1.82) is 0 Å². The average Bonchev–Trinajstić information content (AvgIpc) is 3.76. The second-order valence-corrected chi connectivity index (χ2v) is 18.2. The molecule has 2 aliphatic rings. The maximum absolute atomic E-state index is 15.5. The Hall–Kier alpha value is -6.48. The van der Waals surface area contributed by atoms with Crippen molar-refractivity contribution in [3.8, 4) is 11.4 Å². The SMILES string of the molecule is COc1ccc(CN(c2nn(C)c3c(-n4c([C@H](Cc5cc(F)cc(F)c5)NC(=O)Cn5nc(C(F)F)c6c5C(F)(F)[C@@H]5C[C@H]65)nc5cc(F)ccc5c4=O)ccc(Cl)c23)S(C)(=O)=O)cc1. The van der Waals surface area contributed by atoms with E-state index in [1.165, 1.54) is 31.0 Å². The number of carbonyl (C=O) groups excluding carboxylic acids is 1. The number of fused-ring (bicyclic) bond motifs is 5. The summed E-state index contributed by atoms with van der Waals surface area (Å²) in [6.07, 6.45) is -2.83. The molecule has 22 heteroatoms. The van der Waals surface area contributed by atoms with Gasteiger partial charge < -0.3 is 10.1 Å². The van der Waals surface area contributed by atoms with Crippen LogP contribution in [0.3, 0.4) is 0 Å². The molecule has 3 aromatic heterocycles. The lowest BCUT2D eigenvalue weighted by Crippen LogP contribution is -2.38. The zero-order chi connectivity index (χ0) is 46.4. The molecule has 0 aliphatic heterocycles. The molecule has 0 radical (unpaired) electrons. The van der Waals surface area contributed by atoms with Crippen molar-refractivity contribution in [2.75, 3.05) is 17.7 Å². The summed E-state index contributed by atoms with van der Waals surface area (Å²) in [7, 11) is -1.20. The summed E-state index contributed by atoms with van der Waals surface area (Å²) in [6, 6.07) is 13.2. The largest absolute Gasteiger partial charge is 0.497 e. The number of hydrogen-bond donors (Lipinski definition) is 1. The highest BCUT2D eigenvalue weighted by Crippen LogP contribution is 2.68. The summed E-state index contributed by atoms with van der Waals surface area (Å²) in [6.45, 7) is -1.26. The third-order valence-corrected chi connectivity index (χ3v) is 13.0. The van der Waals surface area contributed by atoms with Crippen LogP contribution in [0, 0.1) is 23.4 Å². The number of ether oxygens (including phenoxy) is 1. The van der Waals surface area contributed by atoms with Crippen LogP contribution in [0.4, 0.5) is 36.6 Å². The van der Waals surface area contributed by atoms with Gasteiger partial charge in [0.1, 0.15) is 47.0 Å². The van der Waals surface area contributed by atoms with E-state index in [1.807, 2.05) is 0 Å². The minimum Gasteiger partial charge on any atom is -0.497 e. The van der Waals surface area contributed by atoms with Crippen LogP contribution in [0.2, 0.25) is 5.02 Å². The molecule has 7 aromatic rings. The Kier molecular flexibility index (Phi) is 10.7. The van der Waals surface area contributed by atoms with E-state index in [1.54, 1.807) is 24.3 Å². The molecule has 1 N–H and O–H groups in total. The lowest BCUT2D eigenvalue weighted by atomic mass is 10.0. The van der Waals surface area contributed by atoms with Crippen LogP contribution in [0.5, 0.6) is 5.75 Å². The van der Waals surface area contributed by atoms with Crippen LogP contribution in [-0.2, 0) is 47.3 Å². The zero-order valence-electron chi connectivity index (χ0n) is 34.2.